The van der Waals surface area contributed by atoms with Crippen molar-refractivity contribution in [3.05, 3.63) is 36.2 Å². The van der Waals surface area contributed by atoms with Gasteiger partial charge >= 0.3 is 0 Å². The lowest BCUT2D eigenvalue weighted by atomic mass is 9.94. The first-order chi connectivity index (χ1) is 9.38. The van der Waals surface area contributed by atoms with Gasteiger partial charge in [-0.15, -0.1) is 0 Å². The molecule has 1 saturated carbocycles. The molecule has 102 valence electrons. The second kappa shape index (κ2) is 5.74. The van der Waals surface area contributed by atoms with E-state index in [9.17, 15) is 0 Å². The molecule has 0 radical (unpaired) electrons. The Bertz CT molecular complexity index is 526. The number of pyridine rings is 1. The Labute approximate surface area is 115 Å². The van der Waals surface area contributed by atoms with Crippen molar-refractivity contribution in [3.63, 3.8) is 0 Å². The molecular formula is C16H23N3. The number of hydrogen-bond acceptors (Lipinski definition) is 2. The van der Waals surface area contributed by atoms with Crippen molar-refractivity contribution >= 4 is 5.52 Å². The van der Waals surface area contributed by atoms with Crippen LogP contribution in [0, 0.1) is 5.92 Å². The van der Waals surface area contributed by atoms with Crippen LogP contribution in [-0.2, 0) is 0 Å². The van der Waals surface area contributed by atoms with Gasteiger partial charge in [0.05, 0.1) is 11.7 Å². The minimum Gasteiger partial charge on any atom is -0.310 e. The number of aromatic nitrogens is 2. The largest absolute Gasteiger partial charge is 0.310 e. The second-order valence-corrected chi connectivity index (χ2v) is 5.63. The summed E-state index contributed by atoms with van der Waals surface area (Å²) in [6.45, 7) is 3.20. The Hall–Kier alpha value is -1.35. The molecule has 0 bridgehead atoms. The highest BCUT2D eigenvalue weighted by molar-refractivity contribution is 5.54. The molecule has 3 nitrogen and oxygen atoms in total. The standard InChI is InChI=1S/C16H23N3/c1-2-17-15(11-13-7-3-4-8-13)14-12-18-19-10-6-5-9-16(14)19/h5-6,9-10,12-13,15,17H,2-4,7-8,11H2,1H3. The molecule has 1 aliphatic carbocycles. The first-order valence-electron chi connectivity index (χ1n) is 7.54. The molecule has 0 aliphatic heterocycles. The normalized spacial score (nSPS) is 18.2. The molecular weight excluding hydrogens is 234 g/mol. The van der Waals surface area contributed by atoms with Crippen molar-refractivity contribution in [1.29, 1.82) is 0 Å². The Morgan fingerprint density at radius 3 is 3.00 bits per heavy atom. The molecule has 1 fully saturated rings. The van der Waals surface area contributed by atoms with Gasteiger partial charge in [-0.05, 0) is 31.0 Å². The third-order valence-electron chi connectivity index (χ3n) is 4.33. The quantitative estimate of drug-likeness (QED) is 0.887. The number of rotatable bonds is 5. The van der Waals surface area contributed by atoms with Crippen LogP contribution in [0.25, 0.3) is 5.52 Å². The van der Waals surface area contributed by atoms with E-state index in [1.807, 2.05) is 23.0 Å². The van der Waals surface area contributed by atoms with Gasteiger partial charge in [-0.3, -0.25) is 0 Å². The zero-order chi connectivity index (χ0) is 13.1. The zero-order valence-corrected chi connectivity index (χ0v) is 11.7. The van der Waals surface area contributed by atoms with E-state index in [4.69, 9.17) is 0 Å². The maximum atomic E-state index is 4.47. The van der Waals surface area contributed by atoms with Gasteiger partial charge in [0.15, 0.2) is 0 Å². The fourth-order valence-corrected chi connectivity index (χ4v) is 3.37. The smallest absolute Gasteiger partial charge is 0.0709 e. The summed E-state index contributed by atoms with van der Waals surface area (Å²) in [5, 5.41) is 8.12. The van der Waals surface area contributed by atoms with E-state index in [0.29, 0.717) is 6.04 Å². The summed E-state index contributed by atoms with van der Waals surface area (Å²) >= 11 is 0. The van der Waals surface area contributed by atoms with Crippen LogP contribution < -0.4 is 5.32 Å². The minimum absolute atomic E-state index is 0.452. The molecule has 0 amide bonds. The highest BCUT2D eigenvalue weighted by Crippen LogP contribution is 2.34. The molecule has 3 heteroatoms. The number of fused-ring (bicyclic) bond motifs is 1. The highest BCUT2D eigenvalue weighted by atomic mass is 15.2. The Kier molecular flexibility index (Phi) is 3.83. The fourth-order valence-electron chi connectivity index (χ4n) is 3.37. The Balaban J connectivity index is 1.85. The van der Waals surface area contributed by atoms with Crippen LogP contribution in [0.15, 0.2) is 30.6 Å². The van der Waals surface area contributed by atoms with Crippen LogP contribution in [0.5, 0.6) is 0 Å². The average Bonchev–Trinajstić information content (AvgIpc) is 3.07. The van der Waals surface area contributed by atoms with Crippen molar-refractivity contribution in [2.45, 2.75) is 45.1 Å². The van der Waals surface area contributed by atoms with E-state index in [-0.39, 0.29) is 0 Å². The summed E-state index contributed by atoms with van der Waals surface area (Å²) in [5.41, 5.74) is 2.60. The maximum absolute atomic E-state index is 4.47. The van der Waals surface area contributed by atoms with Gasteiger partial charge in [0, 0.05) is 17.8 Å². The molecule has 1 aliphatic rings. The zero-order valence-electron chi connectivity index (χ0n) is 11.7. The maximum Gasteiger partial charge on any atom is 0.0709 e. The number of hydrogen-bond donors (Lipinski definition) is 1. The summed E-state index contributed by atoms with van der Waals surface area (Å²) < 4.78 is 1.98. The minimum atomic E-state index is 0.452. The molecule has 1 atom stereocenters. The SMILES string of the molecule is CCNC(CC1CCCC1)c1cnn2ccccc12. The third-order valence-corrected chi connectivity index (χ3v) is 4.33. The lowest BCUT2D eigenvalue weighted by Gasteiger charge is -2.20. The molecule has 19 heavy (non-hydrogen) atoms. The summed E-state index contributed by atoms with van der Waals surface area (Å²) in [4.78, 5) is 0. The van der Waals surface area contributed by atoms with Crippen molar-refractivity contribution < 1.29 is 0 Å². The van der Waals surface area contributed by atoms with Crippen molar-refractivity contribution in [1.82, 2.24) is 14.9 Å². The predicted molar refractivity (Wildman–Crippen MR) is 78.2 cm³/mol. The van der Waals surface area contributed by atoms with Crippen molar-refractivity contribution in [2.24, 2.45) is 5.92 Å². The fraction of sp³-hybridized carbons (Fsp3) is 0.562. The van der Waals surface area contributed by atoms with E-state index in [2.05, 4.69) is 29.5 Å². The van der Waals surface area contributed by atoms with Gasteiger partial charge in [-0.25, -0.2) is 4.52 Å². The molecule has 2 heterocycles. The predicted octanol–water partition coefficient (Wildman–Crippen LogP) is 3.57. The second-order valence-electron chi connectivity index (χ2n) is 5.63. The third kappa shape index (κ3) is 2.66. The van der Waals surface area contributed by atoms with Gasteiger partial charge in [-0.2, -0.15) is 5.10 Å². The van der Waals surface area contributed by atoms with E-state index < -0.39 is 0 Å². The molecule has 0 aromatic carbocycles. The molecule has 3 rings (SSSR count). The van der Waals surface area contributed by atoms with E-state index in [1.54, 1.807) is 0 Å². The topological polar surface area (TPSA) is 29.3 Å². The van der Waals surface area contributed by atoms with Gasteiger partial charge in [0.1, 0.15) is 0 Å². The van der Waals surface area contributed by atoms with Crippen LogP contribution in [0.4, 0.5) is 0 Å². The van der Waals surface area contributed by atoms with Crippen LogP contribution in [-0.4, -0.2) is 16.2 Å². The molecule has 1 N–H and O–H groups in total. The summed E-state index contributed by atoms with van der Waals surface area (Å²) in [6, 6.07) is 6.75. The summed E-state index contributed by atoms with van der Waals surface area (Å²) in [7, 11) is 0. The summed E-state index contributed by atoms with van der Waals surface area (Å²) in [5.74, 6) is 0.891. The van der Waals surface area contributed by atoms with E-state index in [0.717, 1.165) is 12.5 Å². The van der Waals surface area contributed by atoms with Crippen LogP contribution in [0.2, 0.25) is 0 Å². The van der Waals surface area contributed by atoms with Crippen molar-refractivity contribution in [3.8, 4) is 0 Å². The molecule has 1 unspecified atom stereocenters. The van der Waals surface area contributed by atoms with Crippen LogP contribution in [0.3, 0.4) is 0 Å². The van der Waals surface area contributed by atoms with Gasteiger partial charge in [-0.1, -0.05) is 38.7 Å². The lowest BCUT2D eigenvalue weighted by Crippen LogP contribution is -2.22. The Morgan fingerprint density at radius 2 is 2.21 bits per heavy atom. The van der Waals surface area contributed by atoms with Gasteiger partial charge in [0.2, 0.25) is 0 Å². The Morgan fingerprint density at radius 1 is 1.37 bits per heavy atom. The molecule has 0 saturated heterocycles. The molecule has 2 aromatic heterocycles. The van der Waals surface area contributed by atoms with Crippen LogP contribution in [0.1, 0.15) is 50.6 Å². The number of nitrogens with zero attached hydrogens (tertiary/aromatic N) is 2. The first kappa shape index (κ1) is 12.7. The molecule has 0 spiro atoms. The molecule has 2 aromatic rings. The van der Waals surface area contributed by atoms with E-state index >= 15 is 0 Å². The monoisotopic (exact) mass is 257 g/mol. The van der Waals surface area contributed by atoms with Gasteiger partial charge < -0.3 is 5.32 Å². The van der Waals surface area contributed by atoms with Gasteiger partial charge in [0.25, 0.3) is 0 Å². The van der Waals surface area contributed by atoms with E-state index in [1.165, 1.54) is 43.2 Å². The van der Waals surface area contributed by atoms with Crippen molar-refractivity contribution in [2.75, 3.05) is 6.54 Å². The average molecular weight is 257 g/mol. The van der Waals surface area contributed by atoms with Crippen LogP contribution >= 0.6 is 0 Å². The first-order valence-corrected chi connectivity index (χ1v) is 7.54. The highest BCUT2D eigenvalue weighted by Gasteiger charge is 2.22. The number of nitrogens with one attached hydrogen (secondary N) is 1. The lowest BCUT2D eigenvalue weighted by molar-refractivity contribution is 0.402. The summed E-state index contributed by atoms with van der Waals surface area (Å²) in [6.07, 6.45) is 11.0.